The third-order valence-electron chi connectivity index (χ3n) is 2.46. The molecule has 0 bridgehead atoms. The topological polar surface area (TPSA) is 20.3 Å². The van der Waals surface area contributed by atoms with Crippen molar-refractivity contribution in [2.75, 3.05) is 17.2 Å². The quantitative estimate of drug-likeness (QED) is 0.787. The molecule has 2 nitrogen and oxygen atoms in total. The van der Waals surface area contributed by atoms with Crippen LogP contribution in [0.5, 0.6) is 0 Å². The molecule has 0 N–H and O–H groups in total. The van der Waals surface area contributed by atoms with Crippen LogP contribution in [-0.2, 0) is 4.79 Å². The fourth-order valence-electron chi connectivity index (χ4n) is 1.54. The van der Waals surface area contributed by atoms with E-state index in [0.717, 1.165) is 12.8 Å². The number of amides is 1. The largest absolute Gasteiger partial charge is 0.442 e. The van der Waals surface area contributed by atoms with Crippen molar-refractivity contribution in [2.45, 2.75) is 25.3 Å². The van der Waals surface area contributed by atoms with E-state index in [4.69, 9.17) is 0 Å². The van der Waals surface area contributed by atoms with Crippen molar-refractivity contribution in [1.29, 1.82) is 0 Å². The standard InChI is InChI=1S/C13H16F3NOS/c1-2-3-9-17(11-7-5-4-6-8-11)12(18)10-19-13(14,15)16/h4-8H,2-3,9-10H2,1H3. The Hall–Kier alpha value is -1.17. The van der Waals surface area contributed by atoms with Crippen molar-refractivity contribution in [1.82, 2.24) is 0 Å². The Balaban J connectivity index is 2.71. The summed E-state index contributed by atoms with van der Waals surface area (Å²) in [5, 5.41) is 0. The van der Waals surface area contributed by atoms with E-state index in [1.165, 1.54) is 4.90 Å². The normalized spacial score (nSPS) is 11.4. The lowest BCUT2D eigenvalue weighted by molar-refractivity contribution is -0.116. The Morgan fingerprint density at radius 2 is 1.89 bits per heavy atom. The number of halogens is 3. The minimum Gasteiger partial charge on any atom is -0.312 e. The molecular weight excluding hydrogens is 275 g/mol. The molecule has 1 aromatic rings. The van der Waals surface area contributed by atoms with Gasteiger partial charge in [0.15, 0.2) is 0 Å². The minimum absolute atomic E-state index is 0.293. The van der Waals surface area contributed by atoms with Crippen molar-refractivity contribution < 1.29 is 18.0 Å². The fourth-order valence-corrected chi connectivity index (χ4v) is 1.99. The fraction of sp³-hybridized carbons (Fsp3) is 0.462. The number of unbranched alkanes of at least 4 members (excludes halogenated alkanes) is 1. The number of hydrogen-bond donors (Lipinski definition) is 0. The third-order valence-corrected chi connectivity index (χ3v) is 3.18. The molecule has 1 aromatic carbocycles. The monoisotopic (exact) mass is 291 g/mol. The van der Waals surface area contributed by atoms with E-state index in [2.05, 4.69) is 0 Å². The molecule has 6 heteroatoms. The lowest BCUT2D eigenvalue weighted by Gasteiger charge is -2.22. The average molecular weight is 291 g/mol. The molecule has 0 aromatic heterocycles. The Bertz CT molecular complexity index is 395. The predicted octanol–water partition coefficient (Wildman–Crippen LogP) is 4.07. The second kappa shape index (κ2) is 7.43. The van der Waals surface area contributed by atoms with Gasteiger partial charge in [-0.2, -0.15) is 13.2 Å². The number of thioether (sulfide) groups is 1. The smallest absolute Gasteiger partial charge is 0.312 e. The summed E-state index contributed by atoms with van der Waals surface area (Å²) >= 11 is -0.293. The second-order valence-electron chi connectivity index (χ2n) is 3.97. The van der Waals surface area contributed by atoms with Gasteiger partial charge in [-0.05, 0) is 30.3 Å². The van der Waals surface area contributed by atoms with E-state index in [-0.39, 0.29) is 11.8 Å². The number of alkyl halides is 3. The van der Waals surface area contributed by atoms with Crippen LogP contribution >= 0.6 is 11.8 Å². The molecule has 0 aliphatic carbocycles. The summed E-state index contributed by atoms with van der Waals surface area (Å²) in [5.41, 5.74) is -3.73. The molecule has 0 unspecified atom stereocenters. The van der Waals surface area contributed by atoms with Crippen molar-refractivity contribution >= 4 is 23.4 Å². The Morgan fingerprint density at radius 1 is 1.26 bits per heavy atom. The summed E-state index contributed by atoms with van der Waals surface area (Å²) in [4.78, 5) is 13.3. The summed E-state index contributed by atoms with van der Waals surface area (Å²) in [6.45, 7) is 2.41. The molecule has 0 heterocycles. The SMILES string of the molecule is CCCCN(C(=O)CSC(F)(F)F)c1ccccc1. The highest BCUT2D eigenvalue weighted by Crippen LogP contribution is 2.30. The van der Waals surface area contributed by atoms with Gasteiger partial charge >= 0.3 is 5.51 Å². The molecule has 0 saturated carbocycles. The number of anilines is 1. The van der Waals surface area contributed by atoms with Crippen LogP contribution in [0.25, 0.3) is 0 Å². The molecule has 0 aliphatic heterocycles. The van der Waals surface area contributed by atoms with E-state index < -0.39 is 17.2 Å². The van der Waals surface area contributed by atoms with Gasteiger partial charge in [-0.3, -0.25) is 4.79 Å². The van der Waals surface area contributed by atoms with E-state index >= 15 is 0 Å². The zero-order valence-electron chi connectivity index (χ0n) is 10.6. The van der Waals surface area contributed by atoms with Gasteiger partial charge in [0.25, 0.3) is 0 Å². The van der Waals surface area contributed by atoms with E-state index in [1.54, 1.807) is 30.3 Å². The van der Waals surface area contributed by atoms with E-state index in [9.17, 15) is 18.0 Å². The van der Waals surface area contributed by atoms with Crippen molar-refractivity contribution in [3.8, 4) is 0 Å². The summed E-state index contributed by atoms with van der Waals surface area (Å²) in [6.07, 6.45) is 1.64. The lowest BCUT2D eigenvalue weighted by Crippen LogP contribution is -2.34. The number of nitrogens with zero attached hydrogens (tertiary/aromatic N) is 1. The van der Waals surface area contributed by atoms with Gasteiger partial charge in [0.05, 0.1) is 5.75 Å². The molecule has 0 spiro atoms. The number of para-hydroxylation sites is 1. The summed E-state index contributed by atoms with van der Waals surface area (Å²) in [5.74, 6) is -1.09. The van der Waals surface area contributed by atoms with Gasteiger partial charge in [0, 0.05) is 12.2 Å². The lowest BCUT2D eigenvalue weighted by atomic mass is 10.2. The first-order valence-electron chi connectivity index (χ1n) is 6.00. The van der Waals surface area contributed by atoms with Gasteiger partial charge in [-0.25, -0.2) is 0 Å². The minimum atomic E-state index is -4.37. The maximum atomic E-state index is 12.1. The Morgan fingerprint density at radius 3 is 2.42 bits per heavy atom. The van der Waals surface area contributed by atoms with Crippen LogP contribution < -0.4 is 4.90 Å². The van der Waals surface area contributed by atoms with Crippen LogP contribution in [0.4, 0.5) is 18.9 Å². The first kappa shape index (κ1) is 15.9. The van der Waals surface area contributed by atoms with Gasteiger partial charge in [-0.15, -0.1) is 0 Å². The van der Waals surface area contributed by atoms with Gasteiger partial charge in [0.2, 0.25) is 5.91 Å². The zero-order chi connectivity index (χ0) is 14.3. The zero-order valence-corrected chi connectivity index (χ0v) is 11.4. The number of hydrogen-bond acceptors (Lipinski definition) is 2. The molecule has 1 rings (SSSR count). The van der Waals surface area contributed by atoms with Gasteiger partial charge in [-0.1, -0.05) is 31.5 Å². The molecule has 1 amide bonds. The summed E-state index contributed by atoms with van der Waals surface area (Å²) < 4.78 is 36.4. The van der Waals surface area contributed by atoms with Crippen molar-refractivity contribution in [3.05, 3.63) is 30.3 Å². The molecule has 0 radical (unpaired) electrons. The molecule has 0 atom stereocenters. The highest BCUT2D eigenvalue weighted by molar-refractivity contribution is 8.00. The first-order chi connectivity index (χ1) is 8.94. The van der Waals surface area contributed by atoms with Crippen LogP contribution in [0.1, 0.15) is 19.8 Å². The Labute approximate surface area is 115 Å². The van der Waals surface area contributed by atoms with Crippen LogP contribution in [0.3, 0.4) is 0 Å². The number of carbonyl (C=O) groups excluding carboxylic acids is 1. The molecule has 19 heavy (non-hydrogen) atoms. The van der Waals surface area contributed by atoms with Crippen LogP contribution in [0, 0.1) is 0 Å². The highest BCUT2D eigenvalue weighted by Gasteiger charge is 2.30. The number of carbonyl (C=O) groups is 1. The van der Waals surface area contributed by atoms with Crippen LogP contribution in [0.15, 0.2) is 30.3 Å². The highest BCUT2D eigenvalue weighted by atomic mass is 32.2. The van der Waals surface area contributed by atoms with Crippen LogP contribution in [-0.4, -0.2) is 23.7 Å². The summed E-state index contributed by atoms with van der Waals surface area (Å²) in [7, 11) is 0. The maximum Gasteiger partial charge on any atom is 0.442 e. The second-order valence-corrected chi connectivity index (χ2v) is 5.01. The van der Waals surface area contributed by atoms with Gasteiger partial charge < -0.3 is 4.90 Å². The molecule has 0 fully saturated rings. The number of benzene rings is 1. The molecule has 0 aliphatic rings. The van der Waals surface area contributed by atoms with E-state index in [1.807, 2.05) is 6.92 Å². The van der Waals surface area contributed by atoms with E-state index in [0.29, 0.717) is 12.2 Å². The van der Waals surface area contributed by atoms with Gasteiger partial charge in [0.1, 0.15) is 0 Å². The molecule has 0 saturated heterocycles. The number of rotatable bonds is 6. The Kier molecular flexibility index (Phi) is 6.21. The van der Waals surface area contributed by atoms with Crippen molar-refractivity contribution in [3.63, 3.8) is 0 Å². The maximum absolute atomic E-state index is 12.1. The molecule has 106 valence electrons. The van der Waals surface area contributed by atoms with Crippen LogP contribution in [0.2, 0.25) is 0 Å². The predicted molar refractivity (Wildman–Crippen MR) is 72.2 cm³/mol. The first-order valence-corrected chi connectivity index (χ1v) is 6.98. The average Bonchev–Trinajstić information content (AvgIpc) is 2.37. The van der Waals surface area contributed by atoms with Crippen molar-refractivity contribution in [2.24, 2.45) is 0 Å². The molecular formula is C13H16F3NOS. The third kappa shape index (κ3) is 6.00. The summed E-state index contributed by atoms with van der Waals surface area (Å²) in [6, 6.07) is 8.78.